The molecule has 7 nitrogen and oxygen atoms in total. The smallest absolute Gasteiger partial charge is 0.205 e. The monoisotopic (exact) mass is 420 g/mol. The van der Waals surface area contributed by atoms with Gasteiger partial charge in [0.1, 0.15) is 30.1 Å². The van der Waals surface area contributed by atoms with Gasteiger partial charge in [-0.2, -0.15) is 10.4 Å². The van der Waals surface area contributed by atoms with E-state index in [-0.39, 0.29) is 17.8 Å². The van der Waals surface area contributed by atoms with Crippen LogP contribution in [0, 0.1) is 11.3 Å². The Hall–Kier alpha value is -3.40. The maximum Gasteiger partial charge on any atom is 0.205 e. The van der Waals surface area contributed by atoms with Crippen molar-refractivity contribution in [3.63, 3.8) is 0 Å². The molecular weight excluding hydrogens is 388 g/mol. The van der Waals surface area contributed by atoms with E-state index in [1.165, 1.54) is 12.7 Å². The number of nitrogens with zero attached hydrogens (tertiary/aromatic N) is 5. The Bertz CT molecular complexity index is 992. The fourth-order valence-electron chi connectivity index (χ4n) is 3.41. The van der Waals surface area contributed by atoms with Crippen molar-refractivity contribution < 1.29 is 4.74 Å². The lowest BCUT2D eigenvalue weighted by Crippen LogP contribution is -2.24. The molecule has 1 aliphatic rings. The third kappa shape index (κ3) is 5.60. The molecule has 1 aromatic heterocycles. The topological polar surface area (TPSA) is 102 Å². The van der Waals surface area contributed by atoms with Gasteiger partial charge in [-0.05, 0) is 44.9 Å². The molecule has 1 unspecified atom stereocenters. The van der Waals surface area contributed by atoms with Crippen LogP contribution in [-0.4, -0.2) is 26.5 Å². The highest BCUT2D eigenvalue weighted by atomic mass is 16.5. The summed E-state index contributed by atoms with van der Waals surface area (Å²) in [6.45, 7) is 12.2. The fourth-order valence-corrected chi connectivity index (χ4v) is 3.41. The summed E-state index contributed by atoms with van der Waals surface area (Å²) in [7, 11) is 0. The van der Waals surface area contributed by atoms with Crippen LogP contribution < -0.4 is 5.73 Å². The molecular formula is C24H32N6O. The first-order chi connectivity index (χ1) is 14.9. The summed E-state index contributed by atoms with van der Waals surface area (Å²) in [4.78, 5) is 8.76. The number of hydrogen-bond donors (Lipinski definition) is 1. The van der Waals surface area contributed by atoms with Gasteiger partial charge in [0.05, 0.1) is 11.6 Å². The van der Waals surface area contributed by atoms with Gasteiger partial charge in [-0.1, -0.05) is 39.3 Å². The van der Waals surface area contributed by atoms with Crippen molar-refractivity contribution in [3.05, 3.63) is 65.3 Å². The molecule has 2 aromatic rings. The van der Waals surface area contributed by atoms with E-state index in [9.17, 15) is 5.26 Å². The van der Waals surface area contributed by atoms with Gasteiger partial charge in [0, 0.05) is 17.3 Å². The largest absolute Gasteiger partial charge is 0.445 e. The van der Waals surface area contributed by atoms with Gasteiger partial charge >= 0.3 is 0 Å². The van der Waals surface area contributed by atoms with Crippen LogP contribution in [0.3, 0.4) is 0 Å². The first kappa shape index (κ1) is 23.9. The van der Waals surface area contributed by atoms with E-state index in [1.54, 1.807) is 11.0 Å². The van der Waals surface area contributed by atoms with E-state index in [4.69, 9.17) is 15.5 Å². The molecule has 31 heavy (non-hydrogen) atoms. The number of allylic oxidation sites excluding steroid dienone is 3. The normalized spacial score (nSPS) is 16.6. The van der Waals surface area contributed by atoms with E-state index >= 15 is 0 Å². The third-order valence-corrected chi connectivity index (χ3v) is 4.58. The lowest BCUT2D eigenvalue weighted by atomic mass is 9.80. The quantitative estimate of drug-likeness (QED) is 0.684. The number of nitrogens with two attached hydrogens (primary N) is 1. The van der Waals surface area contributed by atoms with E-state index in [2.05, 4.69) is 36.9 Å². The predicted octanol–water partition coefficient (Wildman–Crippen LogP) is 5.02. The molecule has 0 fully saturated rings. The number of aliphatic imine (C=N–C) groups is 1. The van der Waals surface area contributed by atoms with Crippen molar-refractivity contribution >= 4 is 5.71 Å². The van der Waals surface area contributed by atoms with Crippen LogP contribution in [0.2, 0.25) is 0 Å². The van der Waals surface area contributed by atoms with Gasteiger partial charge in [0.25, 0.3) is 0 Å². The lowest BCUT2D eigenvalue weighted by molar-refractivity contribution is 0.283. The molecule has 0 amide bonds. The van der Waals surface area contributed by atoms with E-state index < -0.39 is 0 Å². The highest BCUT2D eigenvalue weighted by Gasteiger charge is 2.33. The Morgan fingerprint density at radius 2 is 1.90 bits per heavy atom. The summed E-state index contributed by atoms with van der Waals surface area (Å²) >= 11 is 0. The van der Waals surface area contributed by atoms with Gasteiger partial charge < -0.3 is 10.5 Å². The molecule has 2 heterocycles. The molecule has 0 saturated heterocycles. The molecule has 164 valence electrons. The number of rotatable bonds is 5. The number of benzene rings is 1. The number of hydrogen-bond acceptors (Lipinski definition) is 6. The summed E-state index contributed by atoms with van der Waals surface area (Å²) in [5.41, 5.74) is 10.1. The molecule has 0 spiro atoms. The minimum atomic E-state index is -0.319. The average molecular weight is 421 g/mol. The lowest BCUT2D eigenvalue weighted by Gasteiger charge is -2.29. The summed E-state index contributed by atoms with van der Waals surface area (Å²) < 4.78 is 7.40. The van der Waals surface area contributed by atoms with Crippen molar-refractivity contribution in [2.24, 2.45) is 10.7 Å². The molecule has 1 aromatic carbocycles. The van der Waals surface area contributed by atoms with Crippen LogP contribution in [0.1, 0.15) is 65.9 Å². The van der Waals surface area contributed by atoms with Crippen molar-refractivity contribution in [1.82, 2.24) is 14.8 Å². The number of aromatic nitrogens is 3. The molecule has 1 atom stereocenters. The summed E-state index contributed by atoms with van der Waals surface area (Å²) in [6.07, 6.45) is 5.12. The molecule has 0 bridgehead atoms. The Morgan fingerprint density at radius 1 is 1.26 bits per heavy atom. The highest BCUT2D eigenvalue weighted by Crippen LogP contribution is 2.40. The van der Waals surface area contributed by atoms with E-state index in [0.717, 1.165) is 29.0 Å². The molecule has 0 saturated carbocycles. The zero-order valence-electron chi connectivity index (χ0n) is 19.3. The Labute approximate surface area is 185 Å². The maximum atomic E-state index is 9.79. The molecule has 7 heteroatoms. The van der Waals surface area contributed by atoms with Crippen LogP contribution in [0.15, 0.2) is 64.7 Å². The van der Waals surface area contributed by atoms with E-state index in [0.29, 0.717) is 11.3 Å². The third-order valence-electron chi connectivity index (χ3n) is 4.58. The first-order valence-corrected chi connectivity index (χ1v) is 10.7. The van der Waals surface area contributed by atoms with Gasteiger partial charge in [0.2, 0.25) is 5.88 Å². The SMILES string of the molecule is CCC.CCC(=NC(C)C)C1=C(C)OC(N)=C(C#N)C1c1ccc(-n2cncn2)cc1. The fraction of sp³-hybridized carbons (Fsp3) is 0.417. The first-order valence-electron chi connectivity index (χ1n) is 10.7. The molecule has 2 N–H and O–H groups in total. The standard InChI is InChI=1S/C21H24N6O.C3H8/c1-5-18(26-13(2)3)19-14(4)28-21(23)17(10-22)20(19)15-6-8-16(9-7-15)27-12-24-11-25-27;1-3-2/h6-9,11-13,20H,5,23H2,1-4H3;3H2,1-2H3. The van der Waals surface area contributed by atoms with Crippen LogP contribution in [-0.2, 0) is 4.74 Å². The maximum absolute atomic E-state index is 9.79. The molecule has 0 radical (unpaired) electrons. The van der Waals surface area contributed by atoms with Gasteiger partial charge in [-0.25, -0.2) is 9.67 Å². The average Bonchev–Trinajstić information content (AvgIpc) is 3.27. The minimum absolute atomic E-state index is 0.138. The Kier molecular flexibility index (Phi) is 8.56. The van der Waals surface area contributed by atoms with Crippen molar-refractivity contribution in [2.45, 2.75) is 66.3 Å². The van der Waals surface area contributed by atoms with Gasteiger partial charge in [0.15, 0.2) is 0 Å². The van der Waals surface area contributed by atoms with Crippen LogP contribution >= 0.6 is 0 Å². The summed E-state index contributed by atoms with van der Waals surface area (Å²) in [6, 6.07) is 10.2. The van der Waals surface area contributed by atoms with Gasteiger partial charge in [-0.3, -0.25) is 4.99 Å². The summed E-state index contributed by atoms with van der Waals surface area (Å²) in [5, 5.41) is 13.9. The zero-order valence-corrected chi connectivity index (χ0v) is 19.3. The number of ether oxygens (including phenoxy) is 1. The Morgan fingerprint density at radius 3 is 2.39 bits per heavy atom. The molecule has 3 rings (SSSR count). The van der Waals surface area contributed by atoms with Crippen molar-refractivity contribution in [3.8, 4) is 11.8 Å². The van der Waals surface area contributed by atoms with Crippen molar-refractivity contribution in [1.29, 1.82) is 5.26 Å². The minimum Gasteiger partial charge on any atom is -0.445 e. The zero-order chi connectivity index (χ0) is 23.0. The van der Waals surface area contributed by atoms with Crippen LogP contribution in [0.5, 0.6) is 0 Å². The summed E-state index contributed by atoms with van der Waals surface area (Å²) in [5.74, 6) is 0.512. The van der Waals surface area contributed by atoms with Crippen LogP contribution in [0.25, 0.3) is 5.69 Å². The highest BCUT2D eigenvalue weighted by molar-refractivity contribution is 6.02. The van der Waals surface area contributed by atoms with Gasteiger partial charge in [-0.15, -0.1) is 0 Å². The second-order valence-corrected chi connectivity index (χ2v) is 7.56. The number of nitriles is 1. The predicted molar refractivity (Wildman–Crippen MR) is 124 cm³/mol. The second kappa shape index (κ2) is 11.1. The van der Waals surface area contributed by atoms with Crippen molar-refractivity contribution in [2.75, 3.05) is 0 Å². The second-order valence-electron chi connectivity index (χ2n) is 7.56. The molecule has 1 aliphatic heterocycles. The van der Waals surface area contributed by atoms with E-state index in [1.807, 2.05) is 45.0 Å². The van der Waals surface area contributed by atoms with Crippen LogP contribution in [0.4, 0.5) is 0 Å². The Balaban J connectivity index is 0.00000107. The molecule has 0 aliphatic carbocycles.